The number of nitrogens with zero attached hydrogens (tertiary/aromatic N) is 5. The molecule has 0 amide bonds. The van der Waals surface area contributed by atoms with Crippen LogP contribution in [0, 0.1) is 5.92 Å². The SMILES string of the molecule is CC(C)c1noc(CN2CCC(Cn3nc(C(C)(C)C)ccc3=O)CC2)n1. The summed E-state index contributed by atoms with van der Waals surface area (Å²) >= 11 is 0. The van der Waals surface area contributed by atoms with E-state index in [0.717, 1.165) is 37.4 Å². The lowest BCUT2D eigenvalue weighted by atomic mass is 9.92. The molecule has 1 aliphatic rings. The van der Waals surface area contributed by atoms with Gasteiger partial charge in [-0.3, -0.25) is 9.69 Å². The Balaban J connectivity index is 1.56. The van der Waals surface area contributed by atoms with Crippen LogP contribution in [0.4, 0.5) is 0 Å². The van der Waals surface area contributed by atoms with Gasteiger partial charge >= 0.3 is 0 Å². The molecule has 0 aliphatic carbocycles. The van der Waals surface area contributed by atoms with Crippen molar-refractivity contribution in [2.24, 2.45) is 5.92 Å². The molecule has 0 bridgehead atoms. The van der Waals surface area contributed by atoms with Crippen LogP contribution in [0.2, 0.25) is 0 Å². The van der Waals surface area contributed by atoms with Crippen LogP contribution in [0.5, 0.6) is 0 Å². The molecule has 0 aromatic carbocycles. The van der Waals surface area contributed by atoms with Gasteiger partial charge in [-0.15, -0.1) is 0 Å². The van der Waals surface area contributed by atoms with Crippen LogP contribution >= 0.6 is 0 Å². The van der Waals surface area contributed by atoms with Crippen molar-refractivity contribution in [1.29, 1.82) is 0 Å². The molecule has 27 heavy (non-hydrogen) atoms. The summed E-state index contributed by atoms with van der Waals surface area (Å²) in [5.41, 5.74) is 0.881. The molecule has 1 saturated heterocycles. The number of rotatable bonds is 5. The van der Waals surface area contributed by atoms with Gasteiger partial charge in [0.2, 0.25) is 5.89 Å². The highest BCUT2D eigenvalue weighted by molar-refractivity contribution is 5.10. The number of aromatic nitrogens is 4. The van der Waals surface area contributed by atoms with E-state index in [1.165, 1.54) is 0 Å². The first-order valence-corrected chi connectivity index (χ1v) is 9.86. The van der Waals surface area contributed by atoms with Crippen LogP contribution in [0.25, 0.3) is 0 Å². The second-order valence-electron chi connectivity index (χ2n) is 8.91. The maximum absolute atomic E-state index is 12.2. The third kappa shape index (κ3) is 5.03. The third-order valence-electron chi connectivity index (χ3n) is 5.13. The van der Waals surface area contributed by atoms with Crippen LogP contribution in [-0.2, 0) is 18.5 Å². The quantitative estimate of drug-likeness (QED) is 0.802. The predicted molar refractivity (Wildman–Crippen MR) is 104 cm³/mol. The Bertz CT molecular complexity index is 810. The van der Waals surface area contributed by atoms with Gasteiger partial charge in [-0.25, -0.2) is 4.68 Å². The van der Waals surface area contributed by atoms with Gasteiger partial charge in [0, 0.05) is 23.9 Å². The summed E-state index contributed by atoms with van der Waals surface area (Å²) in [6, 6.07) is 3.49. The molecule has 7 heteroatoms. The standard InChI is InChI=1S/C20H31N5O2/c1-14(2)19-21-17(27-23-19)13-24-10-8-15(9-11-24)12-25-18(26)7-6-16(22-25)20(3,4)5/h6-7,14-15H,8-13H2,1-5H3. The lowest BCUT2D eigenvalue weighted by Gasteiger charge is -2.31. The average Bonchev–Trinajstić information content (AvgIpc) is 3.06. The molecule has 0 spiro atoms. The van der Waals surface area contributed by atoms with Crippen LogP contribution in [-0.4, -0.2) is 37.9 Å². The first kappa shape index (κ1) is 19.7. The van der Waals surface area contributed by atoms with Crippen molar-refractivity contribution in [1.82, 2.24) is 24.8 Å². The topological polar surface area (TPSA) is 77.0 Å². The van der Waals surface area contributed by atoms with Gasteiger partial charge in [0.05, 0.1) is 12.2 Å². The summed E-state index contributed by atoms with van der Waals surface area (Å²) in [6.07, 6.45) is 2.08. The third-order valence-corrected chi connectivity index (χ3v) is 5.13. The summed E-state index contributed by atoms with van der Waals surface area (Å²) < 4.78 is 7.00. The molecule has 0 unspecified atom stereocenters. The predicted octanol–water partition coefficient (Wildman–Crippen LogP) is 2.96. The smallest absolute Gasteiger partial charge is 0.266 e. The van der Waals surface area contributed by atoms with E-state index in [-0.39, 0.29) is 16.9 Å². The maximum Gasteiger partial charge on any atom is 0.266 e. The van der Waals surface area contributed by atoms with E-state index in [0.29, 0.717) is 24.9 Å². The fraction of sp³-hybridized carbons (Fsp3) is 0.700. The number of hydrogen-bond acceptors (Lipinski definition) is 6. The summed E-state index contributed by atoms with van der Waals surface area (Å²) in [5, 5.41) is 8.63. The Morgan fingerprint density at radius 1 is 1.22 bits per heavy atom. The van der Waals surface area contributed by atoms with Crippen LogP contribution in [0.3, 0.4) is 0 Å². The molecule has 148 valence electrons. The Labute approximate surface area is 160 Å². The minimum Gasteiger partial charge on any atom is -0.338 e. The lowest BCUT2D eigenvalue weighted by molar-refractivity contribution is 0.147. The highest BCUT2D eigenvalue weighted by Gasteiger charge is 2.23. The number of likely N-dealkylation sites (tertiary alicyclic amines) is 1. The zero-order chi connectivity index (χ0) is 19.6. The van der Waals surface area contributed by atoms with E-state index in [4.69, 9.17) is 4.52 Å². The number of piperidine rings is 1. The van der Waals surface area contributed by atoms with E-state index >= 15 is 0 Å². The van der Waals surface area contributed by atoms with Crippen molar-refractivity contribution in [3.05, 3.63) is 39.9 Å². The van der Waals surface area contributed by atoms with Crippen molar-refractivity contribution < 1.29 is 4.52 Å². The largest absolute Gasteiger partial charge is 0.338 e. The highest BCUT2D eigenvalue weighted by Crippen LogP contribution is 2.22. The Kier molecular flexibility index (Phi) is 5.79. The fourth-order valence-electron chi connectivity index (χ4n) is 3.31. The van der Waals surface area contributed by atoms with Gasteiger partial charge in [-0.2, -0.15) is 10.1 Å². The molecule has 3 heterocycles. The second-order valence-corrected chi connectivity index (χ2v) is 8.91. The average molecular weight is 374 g/mol. The highest BCUT2D eigenvalue weighted by atomic mass is 16.5. The molecular weight excluding hydrogens is 342 g/mol. The summed E-state index contributed by atoms with van der Waals surface area (Å²) in [6.45, 7) is 13.8. The van der Waals surface area contributed by atoms with Crippen molar-refractivity contribution in [3.63, 3.8) is 0 Å². The minimum absolute atomic E-state index is 0.0162. The second kappa shape index (κ2) is 7.92. The first-order chi connectivity index (χ1) is 12.7. The molecule has 2 aromatic heterocycles. The van der Waals surface area contributed by atoms with E-state index in [9.17, 15) is 4.79 Å². The van der Waals surface area contributed by atoms with E-state index in [1.54, 1.807) is 10.7 Å². The van der Waals surface area contributed by atoms with Crippen LogP contribution < -0.4 is 5.56 Å². The lowest BCUT2D eigenvalue weighted by Crippen LogP contribution is -2.37. The first-order valence-electron chi connectivity index (χ1n) is 9.86. The van der Waals surface area contributed by atoms with Gasteiger partial charge in [-0.05, 0) is 37.9 Å². The molecule has 2 aromatic rings. The van der Waals surface area contributed by atoms with Crippen molar-refractivity contribution in [3.8, 4) is 0 Å². The van der Waals surface area contributed by atoms with Crippen LogP contribution in [0.1, 0.15) is 70.8 Å². The summed E-state index contributed by atoms with van der Waals surface area (Å²) in [7, 11) is 0. The zero-order valence-electron chi connectivity index (χ0n) is 17.1. The Hall–Kier alpha value is -2.02. The molecular formula is C20H31N5O2. The molecule has 1 fully saturated rings. The molecule has 0 N–H and O–H groups in total. The maximum atomic E-state index is 12.2. The van der Waals surface area contributed by atoms with Gasteiger partial charge in [-0.1, -0.05) is 39.8 Å². The Morgan fingerprint density at radius 2 is 1.93 bits per heavy atom. The normalized spacial score (nSPS) is 17.0. The van der Waals surface area contributed by atoms with E-state index in [1.807, 2.05) is 6.07 Å². The molecule has 0 radical (unpaired) electrons. The number of hydrogen-bond donors (Lipinski definition) is 0. The van der Waals surface area contributed by atoms with Crippen LogP contribution in [0.15, 0.2) is 21.5 Å². The van der Waals surface area contributed by atoms with Gasteiger partial charge in [0.1, 0.15) is 0 Å². The van der Waals surface area contributed by atoms with E-state index < -0.39 is 0 Å². The van der Waals surface area contributed by atoms with Gasteiger partial charge in [0.25, 0.3) is 5.56 Å². The Morgan fingerprint density at radius 3 is 2.52 bits per heavy atom. The zero-order valence-corrected chi connectivity index (χ0v) is 17.1. The van der Waals surface area contributed by atoms with Gasteiger partial charge in [0.15, 0.2) is 5.82 Å². The van der Waals surface area contributed by atoms with Gasteiger partial charge < -0.3 is 4.52 Å². The molecule has 7 nitrogen and oxygen atoms in total. The summed E-state index contributed by atoms with van der Waals surface area (Å²) in [4.78, 5) is 19.0. The monoisotopic (exact) mass is 373 g/mol. The summed E-state index contributed by atoms with van der Waals surface area (Å²) in [5.74, 6) is 2.20. The molecule has 0 saturated carbocycles. The molecule has 0 atom stereocenters. The minimum atomic E-state index is -0.0578. The molecule has 1 aliphatic heterocycles. The van der Waals surface area contributed by atoms with Crippen molar-refractivity contribution in [2.45, 2.75) is 71.9 Å². The van der Waals surface area contributed by atoms with Crippen molar-refractivity contribution in [2.75, 3.05) is 13.1 Å². The van der Waals surface area contributed by atoms with E-state index in [2.05, 4.69) is 54.8 Å². The van der Waals surface area contributed by atoms with Crippen molar-refractivity contribution >= 4 is 0 Å². The molecule has 3 rings (SSSR count). The fourth-order valence-corrected chi connectivity index (χ4v) is 3.31.